The third-order valence-corrected chi connectivity index (χ3v) is 3.02. The summed E-state index contributed by atoms with van der Waals surface area (Å²) in [4.78, 5) is 11.4. The molecule has 0 unspecified atom stereocenters. The lowest BCUT2D eigenvalue weighted by Crippen LogP contribution is -2.21. The zero-order valence-corrected chi connectivity index (χ0v) is 12.0. The first kappa shape index (κ1) is 14.1. The number of nitrogens with zero attached hydrogens (tertiary/aromatic N) is 2. The number of aromatic nitrogens is 2. The number of ether oxygens (including phenoxy) is 1. The van der Waals surface area contributed by atoms with E-state index in [1.54, 1.807) is 11.8 Å². The fraction of sp³-hybridized carbons (Fsp3) is 0.333. The van der Waals surface area contributed by atoms with Crippen molar-refractivity contribution in [2.75, 3.05) is 7.11 Å². The van der Waals surface area contributed by atoms with Gasteiger partial charge in [-0.25, -0.2) is 9.48 Å². The van der Waals surface area contributed by atoms with E-state index >= 15 is 0 Å². The Morgan fingerprint density at radius 2 is 1.95 bits per heavy atom. The molecule has 0 aliphatic heterocycles. The second kappa shape index (κ2) is 5.00. The van der Waals surface area contributed by atoms with Crippen LogP contribution in [0.1, 0.15) is 36.8 Å². The number of methoxy groups -OCH3 is 1. The SMILES string of the molecule is COc1ccccc1-n1ncc(C(=O)O)c1C(C)(C)C. The summed E-state index contributed by atoms with van der Waals surface area (Å²) in [7, 11) is 1.58. The first-order valence-electron chi connectivity index (χ1n) is 6.31. The number of aromatic carboxylic acids is 1. The maximum atomic E-state index is 11.4. The number of carboxylic acid groups (broad SMARTS) is 1. The van der Waals surface area contributed by atoms with Crippen molar-refractivity contribution in [1.29, 1.82) is 0 Å². The molecular formula is C15H18N2O3. The minimum Gasteiger partial charge on any atom is -0.494 e. The Balaban J connectivity index is 2.72. The van der Waals surface area contributed by atoms with E-state index in [0.717, 1.165) is 5.69 Å². The molecule has 1 aromatic heterocycles. The Labute approximate surface area is 117 Å². The number of hydrogen-bond acceptors (Lipinski definition) is 3. The summed E-state index contributed by atoms with van der Waals surface area (Å²) in [5.41, 5.74) is 1.23. The number of benzene rings is 1. The van der Waals surface area contributed by atoms with Gasteiger partial charge in [-0.1, -0.05) is 32.9 Å². The normalized spacial score (nSPS) is 11.4. The predicted octanol–water partition coefficient (Wildman–Crippen LogP) is 2.88. The van der Waals surface area contributed by atoms with Crippen LogP contribution in [0.2, 0.25) is 0 Å². The van der Waals surface area contributed by atoms with Crippen LogP contribution < -0.4 is 4.74 Å². The van der Waals surface area contributed by atoms with Crippen molar-refractivity contribution in [3.63, 3.8) is 0 Å². The smallest absolute Gasteiger partial charge is 0.339 e. The highest BCUT2D eigenvalue weighted by Gasteiger charge is 2.28. The summed E-state index contributed by atoms with van der Waals surface area (Å²) in [6.45, 7) is 5.88. The van der Waals surface area contributed by atoms with Crippen LogP contribution in [0.5, 0.6) is 5.75 Å². The van der Waals surface area contributed by atoms with Crippen molar-refractivity contribution < 1.29 is 14.6 Å². The quantitative estimate of drug-likeness (QED) is 0.934. The summed E-state index contributed by atoms with van der Waals surface area (Å²) in [5, 5.41) is 13.6. The average molecular weight is 274 g/mol. The molecule has 106 valence electrons. The molecule has 0 aliphatic carbocycles. The molecule has 1 heterocycles. The molecule has 0 bridgehead atoms. The topological polar surface area (TPSA) is 64.4 Å². The molecule has 0 saturated heterocycles. The number of para-hydroxylation sites is 2. The largest absolute Gasteiger partial charge is 0.494 e. The van der Waals surface area contributed by atoms with Gasteiger partial charge in [0, 0.05) is 5.41 Å². The highest BCUT2D eigenvalue weighted by Crippen LogP contribution is 2.31. The second-order valence-electron chi connectivity index (χ2n) is 5.55. The Morgan fingerprint density at radius 1 is 1.30 bits per heavy atom. The summed E-state index contributed by atoms with van der Waals surface area (Å²) in [5.74, 6) is -0.325. The van der Waals surface area contributed by atoms with Crippen molar-refractivity contribution in [3.05, 3.63) is 41.7 Å². The van der Waals surface area contributed by atoms with Crippen molar-refractivity contribution >= 4 is 5.97 Å². The van der Waals surface area contributed by atoms with E-state index in [0.29, 0.717) is 11.4 Å². The van der Waals surface area contributed by atoms with Crippen molar-refractivity contribution in [1.82, 2.24) is 9.78 Å². The highest BCUT2D eigenvalue weighted by atomic mass is 16.5. The lowest BCUT2D eigenvalue weighted by Gasteiger charge is -2.22. The van der Waals surface area contributed by atoms with Gasteiger partial charge in [0.2, 0.25) is 0 Å². The minimum absolute atomic E-state index is 0.211. The van der Waals surface area contributed by atoms with Crippen LogP contribution in [-0.2, 0) is 5.41 Å². The average Bonchev–Trinajstić information content (AvgIpc) is 2.83. The number of carboxylic acids is 1. The molecule has 0 radical (unpaired) electrons. The third-order valence-electron chi connectivity index (χ3n) is 3.02. The van der Waals surface area contributed by atoms with E-state index in [2.05, 4.69) is 5.10 Å². The first-order valence-corrected chi connectivity index (χ1v) is 6.31. The molecule has 0 fully saturated rings. The molecule has 2 rings (SSSR count). The van der Waals surface area contributed by atoms with Crippen LogP contribution in [0.4, 0.5) is 0 Å². The summed E-state index contributed by atoms with van der Waals surface area (Å²) in [6, 6.07) is 7.41. The fourth-order valence-electron chi connectivity index (χ4n) is 2.21. The first-order chi connectivity index (χ1) is 9.36. The monoisotopic (exact) mass is 274 g/mol. The van der Waals surface area contributed by atoms with Gasteiger partial charge in [-0.2, -0.15) is 5.10 Å². The van der Waals surface area contributed by atoms with Crippen molar-refractivity contribution in [2.45, 2.75) is 26.2 Å². The van der Waals surface area contributed by atoms with E-state index < -0.39 is 5.97 Å². The van der Waals surface area contributed by atoms with Crippen LogP contribution >= 0.6 is 0 Å². The number of hydrogen-bond donors (Lipinski definition) is 1. The Morgan fingerprint density at radius 3 is 2.50 bits per heavy atom. The van der Waals surface area contributed by atoms with E-state index in [1.807, 2.05) is 45.0 Å². The molecule has 5 heteroatoms. The van der Waals surface area contributed by atoms with Crippen LogP contribution in [0.3, 0.4) is 0 Å². The Bertz CT molecular complexity index is 639. The molecule has 20 heavy (non-hydrogen) atoms. The van der Waals surface area contributed by atoms with Gasteiger partial charge in [-0.15, -0.1) is 0 Å². The standard InChI is InChI=1S/C15H18N2O3/c1-15(2,3)13-10(14(18)19)9-16-17(13)11-7-5-6-8-12(11)20-4/h5-9H,1-4H3,(H,18,19). The number of carbonyl (C=O) groups is 1. The predicted molar refractivity (Wildman–Crippen MR) is 75.8 cm³/mol. The molecular weight excluding hydrogens is 256 g/mol. The van der Waals surface area contributed by atoms with Gasteiger partial charge in [0.25, 0.3) is 0 Å². The molecule has 1 aromatic carbocycles. The van der Waals surface area contributed by atoms with Gasteiger partial charge >= 0.3 is 5.97 Å². The second-order valence-corrected chi connectivity index (χ2v) is 5.55. The molecule has 0 aliphatic rings. The van der Waals surface area contributed by atoms with Gasteiger partial charge in [0.1, 0.15) is 17.0 Å². The maximum absolute atomic E-state index is 11.4. The van der Waals surface area contributed by atoms with Gasteiger partial charge < -0.3 is 9.84 Å². The van der Waals surface area contributed by atoms with Crippen molar-refractivity contribution in [3.8, 4) is 11.4 Å². The molecule has 0 saturated carbocycles. The summed E-state index contributed by atoms with van der Waals surface area (Å²) < 4.78 is 6.97. The van der Waals surface area contributed by atoms with Gasteiger partial charge in [-0.05, 0) is 12.1 Å². The van der Waals surface area contributed by atoms with Crippen LogP contribution in [0, 0.1) is 0 Å². The van der Waals surface area contributed by atoms with Crippen LogP contribution in [-0.4, -0.2) is 28.0 Å². The van der Waals surface area contributed by atoms with Gasteiger partial charge in [-0.3, -0.25) is 0 Å². The van der Waals surface area contributed by atoms with Gasteiger partial charge in [0.15, 0.2) is 0 Å². The van der Waals surface area contributed by atoms with E-state index in [9.17, 15) is 9.90 Å². The maximum Gasteiger partial charge on any atom is 0.339 e. The molecule has 5 nitrogen and oxygen atoms in total. The molecule has 0 amide bonds. The van der Waals surface area contributed by atoms with E-state index in [1.165, 1.54) is 6.20 Å². The minimum atomic E-state index is -0.976. The fourth-order valence-corrected chi connectivity index (χ4v) is 2.21. The van der Waals surface area contributed by atoms with Crippen LogP contribution in [0.25, 0.3) is 5.69 Å². The Hall–Kier alpha value is -2.30. The molecule has 2 aromatic rings. The summed E-state index contributed by atoms with van der Waals surface area (Å²) >= 11 is 0. The summed E-state index contributed by atoms with van der Waals surface area (Å²) in [6.07, 6.45) is 1.38. The zero-order chi connectivity index (χ0) is 14.9. The number of rotatable bonds is 3. The zero-order valence-electron chi connectivity index (χ0n) is 12.0. The van der Waals surface area contributed by atoms with Crippen LogP contribution in [0.15, 0.2) is 30.5 Å². The third kappa shape index (κ3) is 2.39. The van der Waals surface area contributed by atoms with Crippen molar-refractivity contribution in [2.24, 2.45) is 0 Å². The molecule has 0 spiro atoms. The van der Waals surface area contributed by atoms with E-state index in [-0.39, 0.29) is 11.0 Å². The Kier molecular flexibility index (Phi) is 3.53. The molecule has 1 N–H and O–H groups in total. The lowest BCUT2D eigenvalue weighted by atomic mass is 9.89. The lowest BCUT2D eigenvalue weighted by molar-refractivity contribution is 0.0694. The molecule has 0 atom stereocenters. The van der Waals surface area contributed by atoms with Gasteiger partial charge in [0.05, 0.1) is 19.0 Å². The van der Waals surface area contributed by atoms with E-state index in [4.69, 9.17) is 4.74 Å². The highest BCUT2D eigenvalue weighted by molar-refractivity contribution is 5.89.